The van der Waals surface area contributed by atoms with Gasteiger partial charge >= 0.3 is 0 Å². The van der Waals surface area contributed by atoms with E-state index < -0.39 is 0 Å². The summed E-state index contributed by atoms with van der Waals surface area (Å²) in [5.41, 5.74) is 1.77. The molecule has 0 saturated carbocycles. The summed E-state index contributed by atoms with van der Waals surface area (Å²) in [7, 11) is 1.69. The summed E-state index contributed by atoms with van der Waals surface area (Å²) in [5, 5.41) is 2.67. The first kappa shape index (κ1) is 14.9. The van der Waals surface area contributed by atoms with Crippen LogP contribution in [0.3, 0.4) is 0 Å². The van der Waals surface area contributed by atoms with Gasteiger partial charge in [-0.25, -0.2) is 0 Å². The molecule has 1 aliphatic heterocycles. The van der Waals surface area contributed by atoms with Crippen LogP contribution in [0.15, 0.2) is 42.5 Å². The van der Waals surface area contributed by atoms with Gasteiger partial charge in [0.05, 0.1) is 0 Å². The second-order valence-corrected chi connectivity index (χ2v) is 5.16. The number of ether oxygens (including phenoxy) is 2. The van der Waals surface area contributed by atoms with Gasteiger partial charge < -0.3 is 19.7 Å². The second-order valence-electron chi connectivity index (χ2n) is 5.16. The Morgan fingerprint density at radius 2 is 1.87 bits per heavy atom. The summed E-state index contributed by atoms with van der Waals surface area (Å²) >= 11 is 0. The molecule has 2 aromatic carbocycles. The molecule has 118 valence electrons. The fraction of sp³-hybridized carbons (Fsp3) is 0.176. The van der Waals surface area contributed by atoms with Gasteiger partial charge in [-0.05, 0) is 30.3 Å². The number of hydrogen-bond acceptors (Lipinski definition) is 4. The minimum atomic E-state index is -0.184. The van der Waals surface area contributed by atoms with Crippen LogP contribution in [0.4, 0.5) is 11.4 Å². The standard InChI is InChI=1S/C17H16N2O4/c1-11(20)18-13-5-3-4-12(8-13)17(21)19(2)14-6-7-15-16(9-14)23-10-22-15/h3-9H,10H2,1-2H3,(H,18,20). The van der Waals surface area contributed by atoms with Crippen LogP contribution in [0.25, 0.3) is 0 Å². The number of carbonyl (C=O) groups excluding carboxylic acids is 2. The molecule has 23 heavy (non-hydrogen) atoms. The molecule has 0 spiro atoms. The quantitative estimate of drug-likeness (QED) is 0.946. The maximum atomic E-state index is 12.6. The largest absolute Gasteiger partial charge is 0.454 e. The number of hydrogen-bond donors (Lipinski definition) is 1. The molecule has 0 atom stereocenters. The van der Waals surface area contributed by atoms with Gasteiger partial charge in [0, 0.05) is 37.0 Å². The molecule has 3 rings (SSSR count). The topological polar surface area (TPSA) is 67.9 Å². The lowest BCUT2D eigenvalue weighted by Gasteiger charge is -2.18. The Labute approximate surface area is 133 Å². The number of nitrogens with zero attached hydrogens (tertiary/aromatic N) is 1. The molecule has 0 fully saturated rings. The lowest BCUT2D eigenvalue weighted by Crippen LogP contribution is -2.26. The third-order valence-electron chi connectivity index (χ3n) is 3.48. The van der Waals surface area contributed by atoms with Crippen LogP contribution < -0.4 is 19.7 Å². The number of amides is 2. The van der Waals surface area contributed by atoms with Gasteiger partial charge in [-0.15, -0.1) is 0 Å². The van der Waals surface area contributed by atoms with Crippen LogP contribution in [-0.2, 0) is 4.79 Å². The molecule has 6 nitrogen and oxygen atoms in total. The Bertz CT molecular complexity index is 773. The molecular formula is C17H16N2O4. The molecule has 1 N–H and O–H groups in total. The second kappa shape index (κ2) is 6.00. The number of anilines is 2. The normalized spacial score (nSPS) is 11.9. The molecule has 0 unspecified atom stereocenters. The van der Waals surface area contributed by atoms with Crippen LogP contribution in [0.2, 0.25) is 0 Å². The van der Waals surface area contributed by atoms with E-state index >= 15 is 0 Å². The molecule has 2 aromatic rings. The number of carbonyl (C=O) groups is 2. The summed E-state index contributed by atoms with van der Waals surface area (Å²) in [6, 6.07) is 12.1. The average molecular weight is 312 g/mol. The number of fused-ring (bicyclic) bond motifs is 1. The van der Waals surface area contributed by atoms with Crippen LogP contribution in [0, 0.1) is 0 Å². The lowest BCUT2D eigenvalue weighted by atomic mass is 10.1. The molecule has 0 radical (unpaired) electrons. The summed E-state index contributed by atoms with van der Waals surface area (Å²) in [4.78, 5) is 25.3. The Morgan fingerprint density at radius 3 is 2.65 bits per heavy atom. The molecule has 0 bridgehead atoms. The van der Waals surface area contributed by atoms with Gasteiger partial charge in [0.2, 0.25) is 12.7 Å². The molecule has 0 saturated heterocycles. The number of benzene rings is 2. The zero-order chi connectivity index (χ0) is 16.4. The van der Waals surface area contributed by atoms with Gasteiger partial charge in [0.25, 0.3) is 5.91 Å². The highest BCUT2D eigenvalue weighted by Gasteiger charge is 2.18. The molecule has 0 aliphatic carbocycles. The maximum Gasteiger partial charge on any atom is 0.258 e. The Balaban J connectivity index is 1.83. The van der Waals surface area contributed by atoms with Gasteiger partial charge in [-0.1, -0.05) is 6.07 Å². The SMILES string of the molecule is CC(=O)Nc1cccc(C(=O)N(C)c2ccc3c(c2)OCO3)c1. The molecular weight excluding hydrogens is 296 g/mol. The summed E-state index contributed by atoms with van der Waals surface area (Å²) in [6.07, 6.45) is 0. The van der Waals surface area contributed by atoms with Gasteiger partial charge in [0.1, 0.15) is 0 Å². The van der Waals surface area contributed by atoms with Crippen molar-refractivity contribution < 1.29 is 19.1 Å². The van der Waals surface area contributed by atoms with Crippen LogP contribution in [0.1, 0.15) is 17.3 Å². The Kier molecular flexibility index (Phi) is 3.89. The number of nitrogens with one attached hydrogen (secondary N) is 1. The first-order valence-corrected chi connectivity index (χ1v) is 7.10. The zero-order valence-corrected chi connectivity index (χ0v) is 12.8. The van der Waals surface area contributed by atoms with Crippen molar-refractivity contribution in [3.8, 4) is 11.5 Å². The van der Waals surface area contributed by atoms with Crippen LogP contribution >= 0.6 is 0 Å². The van der Waals surface area contributed by atoms with E-state index in [1.54, 1.807) is 49.5 Å². The molecule has 2 amide bonds. The van der Waals surface area contributed by atoms with Crippen LogP contribution in [-0.4, -0.2) is 25.7 Å². The molecule has 1 aliphatic rings. The Hall–Kier alpha value is -3.02. The predicted octanol–water partition coefficient (Wildman–Crippen LogP) is 2.65. The van der Waals surface area contributed by atoms with Gasteiger partial charge in [-0.3, -0.25) is 9.59 Å². The third-order valence-corrected chi connectivity index (χ3v) is 3.48. The number of rotatable bonds is 3. The maximum absolute atomic E-state index is 12.6. The molecule has 6 heteroatoms. The van der Waals surface area contributed by atoms with Crippen molar-refractivity contribution in [1.82, 2.24) is 0 Å². The highest BCUT2D eigenvalue weighted by molar-refractivity contribution is 6.06. The van der Waals surface area contributed by atoms with E-state index in [1.807, 2.05) is 0 Å². The molecule has 1 heterocycles. The monoisotopic (exact) mass is 312 g/mol. The van der Waals surface area contributed by atoms with Crippen molar-refractivity contribution in [1.29, 1.82) is 0 Å². The smallest absolute Gasteiger partial charge is 0.258 e. The van der Waals surface area contributed by atoms with E-state index in [0.29, 0.717) is 28.4 Å². The van der Waals surface area contributed by atoms with Crippen molar-refractivity contribution in [2.24, 2.45) is 0 Å². The van der Waals surface area contributed by atoms with Crippen molar-refractivity contribution in [2.75, 3.05) is 24.1 Å². The van der Waals surface area contributed by atoms with E-state index in [-0.39, 0.29) is 18.6 Å². The van der Waals surface area contributed by atoms with Gasteiger partial charge in [-0.2, -0.15) is 0 Å². The highest BCUT2D eigenvalue weighted by atomic mass is 16.7. The minimum Gasteiger partial charge on any atom is -0.454 e. The minimum absolute atomic E-state index is 0.182. The van der Waals surface area contributed by atoms with Crippen molar-refractivity contribution >= 4 is 23.2 Å². The van der Waals surface area contributed by atoms with E-state index in [4.69, 9.17) is 9.47 Å². The first-order chi connectivity index (χ1) is 11.0. The third kappa shape index (κ3) is 3.11. The van der Waals surface area contributed by atoms with E-state index in [0.717, 1.165) is 0 Å². The summed E-state index contributed by atoms with van der Waals surface area (Å²) in [5.74, 6) is 0.922. The average Bonchev–Trinajstić information content (AvgIpc) is 3.00. The van der Waals surface area contributed by atoms with E-state index in [2.05, 4.69) is 5.32 Å². The Morgan fingerprint density at radius 1 is 1.09 bits per heavy atom. The fourth-order valence-electron chi connectivity index (χ4n) is 2.34. The fourth-order valence-corrected chi connectivity index (χ4v) is 2.34. The summed E-state index contributed by atoms with van der Waals surface area (Å²) in [6.45, 7) is 1.61. The predicted molar refractivity (Wildman–Crippen MR) is 86.0 cm³/mol. The van der Waals surface area contributed by atoms with Crippen molar-refractivity contribution in [3.63, 3.8) is 0 Å². The van der Waals surface area contributed by atoms with Crippen molar-refractivity contribution in [3.05, 3.63) is 48.0 Å². The highest BCUT2D eigenvalue weighted by Crippen LogP contribution is 2.35. The first-order valence-electron chi connectivity index (χ1n) is 7.10. The molecule has 0 aromatic heterocycles. The van der Waals surface area contributed by atoms with E-state index in [1.165, 1.54) is 11.8 Å². The summed E-state index contributed by atoms with van der Waals surface area (Å²) < 4.78 is 10.6. The van der Waals surface area contributed by atoms with E-state index in [9.17, 15) is 9.59 Å². The lowest BCUT2D eigenvalue weighted by molar-refractivity contribution is -0.114. The van der Waals surface area contributed by atoms with Crippen LogP contribution in [0.5, 0.6) is 11.5 Å². The van der Waals surface area contributed by atoms with Crippen molar-refractivity contribution in [2.45, 2.75) is 6.92 Å². The zero-order valence-electron chi connectivity index (χ0n) is 12.8. The van der Waals surface area contributed by atoms with Gasteiger partial charge in [0.15, 0.2) is 11.5 Å².